The maximum absolute atomic E-state index is 6.11. The molecule has 4 aromatic rings. The first kappa shape index (κ1) is 18.5. The number of thioether (sulfide) groups is 1. The SMILES string of the molecule is Cn1c(COc2ccccc2Cl)nnc1SCc1cnn(-c2ccccc2)n1. The molecule has 9 heteroatoms. The number of benzene rings is 2. The lowest BCUT2D eigenvalue weighted by Crippen LogP contribution is -2.04. The summed E-state index contributed by atoms with van der Waals surface area (Å²) >= 11 is 7.66. The van der Waals surface area contributed by atoms with Gasteiger partial charge in [0.2, 0.25) is 0 Å². The van der Waals surface area contributed by atoms with E-state index in [1.54, 1.807) is 28.8 Å². The van der Waals surface area contributed by atoms with E-state index in [0.717, 1.165) is 22.4 Å². The van der Waals surface area contributed by atoms with Gasteiger partial charge in [0, 0.05) is 12.8 Å². The summed E-state index contributed by atoms with van der Waals surface area (Å²) in [5.41, 5.74) is 1.79. The van der Waals surface area contributed by atoms with Crippen molar-refractivity contribution >= 4 is 23.4 Å². The lowest BCUT2D eigenvalue weighted by molar-refractivity contribution is 0.290. The Balaban J connectivity index is 1.37. The molecule has 0 aliphatic heterocycles. The first-order chi connectivity index (χ1) is 13.7. The van der Waals surface area contributed by atoms with Crippen LogP contribution in [0.4, 0.5) is 0 Å². The minimum Gasteiger partial charge on any atom is -0.484 e. The van der Waals surface area contributed by atoms with Crippen molar-refractivity contribution in [1.82, 2.24) is 29.8 Å². The van der Waals surface area contributed by atoms with E-state index in [1.807, 2.05) is 60.1 Å². The van der Waals surface area contributed by atoms with Crippen LogP contribution < -0.4 is 4.74 Å². The van der Waals surface area contributed by atoms with E-state index in [4.69, 9.17) is 16.3 Å². The van der Waals surface area contributed by atoms with Gasteiger partial charge in [-0.05, 0) is 24.3 Å². The summed E-state index contributed by atoms with van der Waals surface area (Å²) in [6.45, 7) is 0.290. The average Bonchev–Trinajstić information content (AvgIpc) is 3.33. The molecule has 0 bridgehead atoms. The van der Waals surface area contributed by atoms with Gasteiger partial charge in [0.25, 0.3) is 0 Å². The van der Waals surface area contributed by atoms with Gasteiger partial charge in [-0.15, -0.1) is 10.2 Å². The van der Waals surface area contributed by atoms with Crippen LogP contribution in [0.1, 0.15) is 11.5 Å². The molecule has 0 N–H and O–H groups in total. The van der Waals surface area contributed by atoms with Crippen molar-refractivity contribution in [2.24, 2.45) is 7.05 Å². The van der Waals surface area contributed by atoms with Gasteiger partial charge in [-0.1, -0.05) is 53.7 Å². The van der Waals surface area contributed by atoms with Crippen LogP contribution in [0, 0.1) is 0 Å². The zero-order chi connectivity index (χ0) is 19.3. The molecular formula is C19H17ClN6OS. The molecule has 2 aromatic heterocycles. The van der Waals surface area contributed by atoms with Gasteiger partial charge in [0.1, 0.15) is 12.4 Å². The molecule has 0 aliphatic carbocycles. The normalized spacial score (nSPS) is 10.9. The van der Waals surface area contributed by atoms with E-state index in [1.165, 1.54) is 0 Å². The summed E-state index contributed by atoms with van der Waals surface area (Å²) < 4.78 is 7.65. The van der Waals surface area contributed by atoms with Crippen LogP contribution in [0.2, 0.25) is 5.02 Å². The van der Waals surface area contributed by atoms with Gasteiger partial charge < -0.3 is 9.30 Å². The van der Waals surface area contributed by atoms with E-state index in [0.29, 0.717) is 16.5 Å². The molecule has 0 spiro atoms. The monoisotopic (exact) mass is 412 g/mol. The number of aromatic nitrogens is 6. The van der Waals surface area contributed by atoms with Crippen molar-refractivity contribution in [2.45, 2.75) is 17.5 Å². The highest BCUT2D eigenvalue weighted by molar-refractivity contribution is 7.98. The van der Waals surface area contributed by atoms with Crippen LogP contribution >= 0.6 is 23.4 Å². The predicted octanol–water partition coefficient (Wildman–Crippen LogP) is 3.92. The smallest absolute Gasteiger partial charge is 0.191 e. The Kier molecular flexibility index (Phi) is 5.59. The van der Waals surface area contributed by atoms with Crippen molar-refractivity contribution in [2.75, 3.05) is 0 Å². The van der Waals surface area contributed by atoms with E-state index in [2.05, 4.69) is 20.4 Å². The second-order valence-electron chi connectivity index (χ2n) is 5.93. The third kappa shape index (κ3) is 4.18. The lowest BCUT2D eigenvalue weighted by Gasteiger charge is -2.07. The van der Waals surface area contributed by atoms with Gasteiger partial charge >= 0.3 is 0 Å². The highest BCUT2D eigenvalue weighted by Crippen LogP contribution is 2.25. The summed E-state index contributed by atoms with van der Waals surface area (Å²) in [5, 5.41) is 18.6. The van der Waals surface area contributed by atoms with E-state index < -0.39 is 0 Å². The molecular weight excluding hydrogens is 396 g/mol. The summed E-state index contributed by atoms with van der Waals surface area (Å²) in [4.78, 5) is 1.62. The Labute approximate surface area is 171 Å². The topological polar surface area (TPSA) is 70.7 Å². The van der Waals surface area contributed by atoms with Crippen molar-refractivity contribution < 1.29 is 4.74 Å². The van der Waals surface area contributed by atoms with Crippen molar-refractivity contribution in [1.29, 1.82) is 0 Å². The number of para-hydroxylation sites is 2. The maximum atomic E-state index is 6.11. The molecule has 0 radical (unpaired) electrons. The lowest BCUT2D eigenvalue weighted by atomic mass is 10.3. The van der Waals surface area contributed by atoms with Gasteiger partial charge in [-0.2, -0.15) is 15.0 Å². The standard InChI is InChI=1S/C19H17ClN6OS/c1-25-18(12-27-17-10-6-5-9-16(17)20)22-23-19(25)28-13-14-11-21-26(24-14)15-7-3-2-4-8-15/h2-11H,12-13H2,1H3. The Morgan fingerprint density at radius 1 is 1.04 bits per heavy atom. The van der Waals surface area contributed by atoms with Crippen LogP contribution in [0.3, 0.4) is 0 Å². The van der Waals surface area contributed by atoms with Crippen molar-refractivity contribution in [3.63, 3.8) is 0 Å². The van der Waals surface area contributed by atoms with Gasteiger partial charge in [-0.3, -0.25) is 0 Å². The van der Waals surface area contributed by atoms with E-state index in [9.17, 15) is 0 Å². The first-order valence-electron chi connectivity index (χ1n) is 8.56. The van der Waals surface area contributed by atoms with Crippen LogP contribution in [-0.2, 0) is 19.4 Å². The molecule has 0 amide bonds. The van der Waals surface area contributed by atoms with E-state index >= 15 is 0 Å². The number of rotatable bonds is 7. The molecule has 0 saturated carbocycles. The molecule has 7 nitrogen and oxygen atoms in total. The minimum absolute atomic E-state index is 0.290. The average molecular weight is 413 g/mol. The zero-order valence-electron chi connectivity index (χ0n) is 15.1. The number of halogens is 1. The first-order valence-corrected chi connectivity index (χ1v) is 9.92. The molecule has 0 fully saturated rings. The van der Waals surface area contributed by atoms with Gasteiger partial charge in [0.15, 0.2) is 11.0 Å². The number of hydrogen-bond donors (Lipinski definition) is 0. The Bertz CT molecular complexity index is 1070. The fourth-order valence-electron chi connectivity index (χ4n) is 2.49. The summed E-state index contributed by atoms with van der Waals surface area (Å²) in [6, 6.07) is 17.2. The molecule has 0 saturated heterocycles. The highest BCUT2D eigenvalue weighted by atomic mass is 35.5. The second-order valence-corrected chi connectivity index (χ2v) is 7.28. The van der Waals surface area contributed by atoms with Gasteiger partial charge in [-0.25, -0.2) is 0 Å². The second kappa shape index (κ2) is 8.45. The zero-order valence-corrected chi connectivity index (χ0v) is 16.6. The quantitative estimate of drug-likeness (QED) is 0.428. The molecule has 2 aromatic carbocycles. The number of nitrogens with zero attached hydrogens (tertiary/aromatic N) is 6. The number of hydrogen-bond acceptors (Lipinski definition) is 6. The minimum atomic E-state index is 0.290. The van der Waals surface area contributed by atoms with Crippen LogP contribution in [0.25, 0.3) is 5.69 Å². The molecule has 0 unspecified atom stereocenters. The third-order valence-corrected chi connectivity index (χ3v) is 5.36. The molecule has 0 aliphatic rings. The summed E-state index contributed by atoms with van der Waals surface area (Å²) in [7, 11) is 1.91. The summed E-state index contributed by atoms with van der Waals surface area (Å²) in [5.74, 6) is 1.98. The maximum Gasteiger partial charge on any atom is 0.191 e. The highest BCUT2D eigenvalue weighted by Gasteiger charge is 2.12. The predicted molar refractivity (Wildman–Crippen MR) is 108 cm³/mol. The third-order valence-electron chi connectivity index (χ3n) is 3.99. The molecule has 4 rings (SSSR count). The Morgan fingerprint density at radius 3 is 2.64 bits per heavy atom. The molecule has 142 valence electrons. The Morgan fingerprint density at radius 2 is 1.82 bits per heavy atom. The van der Waals surface area contributed by atoms with Crippen molar-refractivity contribution in [3.8, 4) is 11.4 Å². The molecule has 28 heavy (non-hydrogen) atoms. The van der Waals surface area contributed by atoms with Crippen molar-refractivity contribution in [3.05, 3.63) is 77.3 Å². The Hall–Kier alpha value is -2.84. The fourth-order valence-corrected chi connectivity index (χ4v) is 3.48. The van der Waals surface area contributed by atoms with Gasteiger partial charge in [0.05, 0.1) is 22.6 Å². The van der Waals surface area contributed by atoms with Crippen LogP contribution in [-0.4, -0.2) is 29.8 Å². The molecule has 0 atom stereocenters. The molecule has 2 heterocycles. The fraction of sp³-hybridized carbons (Fsp3) is 0.158. The van der Waals surface area contributed by atoms with E-state index in [-0.39, 0.29) is 6.61 Å². The summed E-state index contributed by atoms with van der Waals surface area (Å²) in [6.07, 6.45) is 1.76. The van der Waals surface area contributed by atoms with Crippen LogP contribution in [0.5, 0.6) is 5.75 Å². The largest absolute Gasteiger partial charge is 0.484 e. The number of ether oxygens (including phenoxy) is 1. The van der Waals surface area contributed by atoms with Crippen LogP contribution in [0.15, 0.2) is 66.0 Å².